The Hall–Kier alpha value is -2.53. The second kappa shape index (κ2) is 5.53. The Balaban J connectivity index is 3.49. The van der Waals surface area contributed by atoms with Crippen molar-refractivity contribution in [2.45, 2.75) is 0 Å². The average Bonchev–Trinajstić information content (AvgIpc) is 2.37. The van der Waals surface area contributed by atoms with Gasteiger partial charge in [-0.05, 0) is 11.6 Å². The van der Waals surface area contributed by atoms with E-state index in [1.54, 1.807) is 0 Å². The molecule has 0 aliphatic carbocycles. The second-order valence-corrected chi connectivity index (χ2v) is 2.87. The maximum absolute atomic E-state index is 11.5. The van der Waals surface area contributed by atoms with Crippen LogP contribution in [0.3, 0.4) is 0 Å². The molecule has 1 aromatic rings. The molecule has 0 atom stereocenters. The molecular formula is C10H9N3O4. The van der Waals surface area contributed by atoms with E-state index in [0.717, 1.165) is 7.11 Å². The first-order valence-electron chi connectivity index (χ1n) is 4.50. The van der Waals surface area contributed by atoms with Crippen molar-refractivity contribution in [3.63, 3.8) is 0 Å². The summed E-state index contributed by atoms with van der Waals surface area (Å²) in [5.74, 6) is -1.48. The lowest BCUT2D eigenvalue weighted by Crippen LogP contribution is -2.11. The number of benzene rings is 1. The van der Waals surface area contributed by atoms with E-state index in [9.17, 15) is 9.59 Å². The third-order valence-corrected chi connectivity index (χ3v) is 1.99. The molecule has 7 heteroatoms. The highest BCUT2D eigenvalue weighted by molar-refractivity contribution is 6.06. The monoisotopic (exact) mass is 235 g/mol. The lowest BCUT2D eigenvalue weighted by atomic mass is 10.1. The van der Waals surface area contributed by atoms with Crippen molar-refractivity contribution >= 4 is 17.6 Å². The Morgan fingerprint density at radius 3 is 2.41 bits per heavy atom. The van der Waals surface area contributed by atoms with E-state index in [1.165, 1.54) is 25.3 Å². The van der Waals surface area contributed by atoms with Crippen LogP contribution in [0.1, 0.15) is 20.7 Å². The fourth-order valence-electron chi connectivity index (χ4n) is 1.27. The van der Waals surface area contributed by atoms with Crippen LogP contribution in [-0.2, 0) is 9.47 Å². The van der Waals surface area contributed by atoms with Gasteiger partial charge in [0.25, 0.3) is 0 Å². The zero-order chi connectivity index (χ0) is 12.8. The summed E-state index contributed by atoms with van der Waals surface area (Å²) < 4.78 is 9.05. The van der Waals surface area contributed by atoms with E-state index < -0.39 is 11.9 Å². The van der Waals surface area contributed by atoms with Crippen LogP contribution in [0.25, 0.3) is 10.4 Å². The Labute approximate surface area is 96.6 Å². The molecule has 1 rings (SSSR count). The van der Waals surface area contributed by atoms with Gasteiger partial charge < -0.3 is 9.47 Å². The van der Waals surface area contributed by atoms with Crippen LogP contribution in [0.15, 0.2) is 23.3 Å². The highest BCUT2D eigenvalue weighted by atomic mass is 16.5. The molecular weight excluding hydrogens is 226 g/mol. The van der Waals surface area contributed by atoms with E-state index in [0.29, 0.717) is 0 Å². The first-order chi connectivity index (χ1) is 8.15. The highest BCUT2D eigenvalue weighted by Gasteiger charge is 2.21. The van der Waals surface area contributed by atoms with Crippen LogP contribution in [0.4, 0.5) is 5.69 Å². The number of nitrogens with zero attached hydrogens (tertiary/aromatic N) is 3. The molecule has 0 radical (unpaired) electrons. The van der Waals surface area contributed by atoms with Crippen molar-refractivity contribution in [1.82, 2.24) is 0 Å². The van der Waals surface area contributed by atoms with Gasteiger partial charge in [-0.25, -0.2) is 9.59 Å². The molecule has 17 heavy (non-hydrogen) atoms. The van der Waals surface area contributed by atoms with Gasteiger partial charge in [0.15, 0.2) is 0 Å². The molecule has 0 saturated carbocycles. The van der Waals surface area contributed by atoms with Crippen molar-refractivity contribution in [3.8, 4) is 0 Å². The van der Waals surface area contributed by atoms with E-state index >= 15 is 0 Å². The molecule has 7 nitrogen and oxygen atoms in total. The number of hydrogen-bond donors (Lipinski definition) is 0. The molecule has 0 aliphatic heterocycles. The summed E-state index contributed by atoms with van der Waals surface area (Å²) in [6.45, 7) is 0. The number of hydrogen-bond acceptors (Lipinski definition) is 5. The van der Waals surface area contributed by atoms with Crippen molar-refractivity contribution in [3.05, 3.63) is 39.8 Å². The Bertz CT molecular complexity index is 506. The minimum absolute atomic E-state index is 0.00995. The minimum atomic E-state index is -0.770. The number of methoxy groups -OCH3 is 2. The fourth-order valence-corrected chi connectivity index (χ4v) is 1.27. The molecule has 0 heterocycles. The van der Waals surface area contributed by atoms with Gasteiger partial charge in [0.2, 0.25) is 0 Å². The summed E-state index contributed by atoms with van der Waals surface area (Å²) in [5, 5.41) is 3.32. The maximum Gasteiger partial charge on any atom is 0.339 e. The summed E-state index contributed by atoms with van der Waals surface area (Å²) in [5.41, 5.74) is 8.27. The predicted molar refractivity (Wildman–Crippen MR) is 57.9 cm³/mol. The van der Waals surface area contributed by atoms with E-state index in [1.807, 2.05) is 0 Å². The van der Waals surface area contributed by atoms with Gasteiger partial charge in [0, 0.05) is 4.91 Å². The van der Waals surface area contributed by atoms with Crippen molar-refractivity contribution < 1.29 is 19.1 Å². The topological polar surface area (TPSA) is 101 Å². The molecule has 0 N–H and O–H groups in total. The van der Waals surface area contributed by atoms with Crippen LogP contribution < -0.4 is 0 Å². The summed E-state index contributed by atoms with van der Waals surface area (Å²) in [4.78, 5) is 25.6. The summed E-state index contributed by atoms with van der Waals surface area (Å²) in [6, 6.07) is 4.26. The number of esters is 2. The quantitative estimate of drug-likeness (QED) is 0.346. The molecule has 0 aliphatic rings. The predicted octanol–water partition coefficient (Wildman–Crippen LogP) is 2.20. The standard InChI is InChI=1S/C10H9N3O4/c1-16-9(14)6-4-3-5-7(12-13-11)8(6)10(15)17-2/h3-5H,1-2H3. The van der Waals surface area contributed by atoms with Gasteiger partial charge in [0.1, 0.15) is 0 Å². The maximum atomic E-state index is 11.5. The summed E-state index contributed by atoms with van der Waals surface area (Å²) in [7, 11) is 2.35. The van der Waals surface area contributed by atoms with Crippen LogP contribution in [0, 0.1) is 0 Å². The Morgan fingerprint density at radius 2 is 1.88 bits per heavy atom. The van der Waals surface area contributed by atoms with Crippen LogP contribution in [-0.4, -0.2) is 26.2 Å². The van der Waals surface area contributed by atoms with E-state index in [-0.39, 0.29) is 16.8 Å². The molecule has 0 saturated heterocycles. The highest BCUT2D eigenvalue weighted by Crippen LogP contribution is 2.24. The third kappa shape index (κ3) is 2.53. The molecule has 0 aromatic heterocycles. The number of carbonyl (C=O) groups excluding carboxylic acids is 2. The zero-order valence-corrected chi connectivity index (χ0v) is 9.21. The average molecular weight is 235 g/mol. The van der Waals surface area contributed by atoms with E-state index in [2.05, 4.69) is 19.5 Å². The van der Waals surface area contributed by atoms with Crippen molar-refractivity contribution in [2.24, 2.45) is 5.11 Å². The SMILES string of the molecule is COC(=O)c1cccc(N=[N+]=[N-])c1C(=O)OC. The van der Waals surface area contributed by atoms with Gasteiger partial charge in [-0.3, -0.25) is 0 Å². The number of ether oxygens (including phenoxy) is 2. The number of carbonyl (C=O) groups is 2. The smallest absolute Gasteiger partial charge is 0.339 e. The van der Waals surface area contributed by atoms with Crippen molar-refractivity contribution in [2.75, 3.05) is 14.2 Å². The van der Waals surface area contributed by atoms with Crippen LogP contribution in [0.5, 0.6) is 0 Å². The normalized spacial score (nSPS) is 9.06. The molecule has 88 valence electrons. The molecule has 0 amide bonds. The van der Waals surface area contributed by atoms with Crippen molar-refractivity contribution in [1.29, 1.82) is 0 Å². The fraction of sp³-hybridized carbons (Fsp3) is 0.200. The second-order valence-electron chi connectivity index (χ2n) is 2.87. The molecule has 1 aromatic carbocycles. The third-order valence-electron chi connectivity index (χ3n) is 1.99. The summed E-state index contributed by atoms with van der Waals surface area (Å²) in [6.07, 6.45) is 0. The van der Waals surface area contributed by atoms with E-state index in [4.69, 9.17) is 5.53 Å². The molecule has 0 spiro atoms. The zero-order valence-electron chi connectivity index (χ0n) is 9.21. The van der Waals surface area contributed by atoms with Gasteiger partial charge in [-0.1, -0.05) is 17.2 Å². The Kier molecular flexibility index (Phi) is 4.08. The molecule has 0 unspecified atom stereocenters. The number of rotatable bonds is 3. The van der Waals surface area contributed by atoms with Gasteiger partial charge in [-0.15, -0.1) is 0 Å². The lowest BCUT2D eigenvalue weighted by molar-refractivity contribution is 0.0556. The van der Waals surface area contributed by atoms with Crippen LogP contribution in [0.2, 0.25) is 0 Å². The van der Waals surface area contributed by atoms with Gasteiger partial charge in [-0.2, -0.15) is 0 Å². The molecule has 0 fully saturated rings. The minimum Gasteiger partial charge on any atom is -0.465 e. The first-order valence-corrected chi connectivity index (χ1v) is 4.50. The van der Waals surface area contributed by atoms with Gasteiger partial charge >= 0.3 is 11.9 Å². The molecule has 0 bridgehead atoms. The summed E-state index contributed by atoms with van der Waals surface area (Å²) >= 11 is 0. The number of azide groups is 1. The van der Waals surface area contributed by atoms with Gasteiger partial charge in [0.05, 0.1) is 31.0 Å². The van der Waals surface area contributed by atoms with Crippen LogP contribution >= 0.6 is 0 Å². The first kappa shape index (κ1) is 12.5. The lowest BCUT2D eigenvalue weighted by Gasteiger charge is -2.08. The Morgan fingerprint density at radius 1 is 1.24 bits per heavy atom. The largest absolute Gasteiger partial charge is 0.465 e.